The quantitative estimate of drug-likeness (QED) is 0.692. The van der Waals surface area contributed by atoms with Crippen LogP contribution in [-0.4, -0.2) is 36.9 Å². The SMILES string of the molecule is O[C@@]1(CNCCc2ccccc2Cl)CCNC1. The van der Waals surface area contributed by atoms with Gasteiger partial charge in [-0.3, -0.25) is 0 Å². The zero-order valence-corrected chi connectivity index (χ0v) is 10.6. The van der Waals surface area contributed by atoms with Crippen LogP contribution in [0.5, 0.6) is 0 Å². The van der Waals surface area contributed by atoms with Crippen LogP contribution in [0.4, 0.5) is 0 Å². The number of hydrogen-bond acceptors (Lipinski definition) is 3. The van der Waals surface area contributed by atoms with E-state index in [9.17, 15) is 5.11 Å². The molecule has 1 aromatic carbocycles. The number of benzene rings is 1. The predicted molar refractivity (Wildman–Crippen MR) is 70.5 cm³/mol. The zero-order chi connectivity index (χ0) is 12.1. The molecule has 4 heteroatoms. The summed E-state index contributed by atoms with van der Waals surface area (Å²) in [6.07, 6.45) is 1.72. The lowest BCUT2D eigenvalue weighted by Gasteiger charge is -2.21. The maximum Gasteiger partial charge on any atom is 0.0907 e. The molecular weight excluding hydrogens is 236 g/mol. The van der Waals surface area contributed by atoms with Crippen molar-refractivity contribution in [3.63, 3.8) is 0 Å². The minimum absolute atomic E-state index is 0.569. The molecule has 1 aliphatic rings. The third-order valence-electron chi connectivity index (χ3n) is 3.20. The van der Waals surface area contributed by atoms with Crippen LogP contribution in [0.15, 0.2) is 24.3 Å². The van der Waals surface area contributed by atoms with Gasteiger partial charge in [0.2, 0.25) is 0 Å². The van der Waals surface area contributed by atoms with E-state index < -0.39 is 5.60 Å². The van der Waals surface area contributed by atoms with E-state index in [0.29, 0.717) is 13.1 Å². The van der Waals surface area contributed by atoms with E-state index in [4.69, 9.17) is 11.6 Å². The number of β-amino-alcohol motifs (C(OH)–C–C–N with tert-alkyl or cyclic N) is 1. The van der Waals surface area contributed by atoms with Gasteiger partial charge in [-0.15, -0.1) is 0 Å². The van der Waals surface area contributed by atoms with Crippen LogP contribution in [0.3, 0.4) is 0 Å². The molecule has 3 nitrogen and oxygen atoms in total. The van der Waals surface area contributed by atoms with Crippen molar-refractivity contribution < 1.29 is 5.11 Å². The second-order valence-corrected chi connectivity index (χ2v) is 5.08. The Kier molecular flexibility index (Phi) is 4.40. The van der Waals surface area contributed by atoms with Crippen molar-refractivity contribution in [1.82, 2.24) is 10.6 Å². The highest BCUT2D eigenvalue weighted by Crippen LogP contribution is 2.15. The highest BCUT2D eigenvalue weighted by atomic mass is 35.5. The first-order valence-electron chi connectivity index (χ1n) is 6.07. The predicted octanol–water partition coefficient (Wildman–Crippen LogP) is 1.20. The first-order valence-corrected chi connectivity index (χ1v) is 6.45. The molecule has 1 atom stereocenters. The summed E-state index contributed by atoms with van der Waals surface area (Å²) in [5.41, 5.74) is 0.582. The molecule has 2 rings (SSSR count). The molecule has 0 radical (unpaired) electrons. The molecule has 0 aliphatic carbocycles. The minimum Gasteiger partial charge on any atom is -0.387 e. The van der Waals surface area contributed by atoms with Crippen LogP contribution < -0.4 is 10.6 Å². The first-order chi connectivity index (χ1) is 8.20. The van der Waals surface area contributed by atoms with E-state index >= 15 is 0 Å². The van der Waals surface area contributed by atoms with E-state index in [2.05, 4.69) is 10.6 Å². The molecule has 1 heterocycles. The summed E-state index contributed by atoms with van der Waals surface area (Å²) < 4.78 is 0. The maximum atomic E-state index is 10.1. The van der Waals surface area contributed by atoms with Crippen molar-refractivity contribution in [2.45, 2.75) is 18.4 Å². The van der Waals surface area contributed by atoms with Crippen molar-refractivity contribution >= 4 is 11.6 Å². The number of nitrogens with one attached hydrogen (secondary N) is 2. The normalized spacial score (nSPS) is 24.1. The van der Waals surface area contributed by atoms with E-state index in [-0.39, 0.29) is 0 Å². The van der Waals surface area contributed by atoms with Crippen LogP contribution in [0.2, 0.25) is 5.02 Å². The van der Waals surface area contributed by atoms with E-state index in [1.807, 2.05) is 24.3 Å². The fourth-order valence-corrected chi connectivity index (χ4v) is 2.36. The van der Waals surface area contributed by atoms with Gasteiger partial charge in [-0.05, 0) is 37.6 Å². The van der Waals surface area contributed by atoms with Gasteiger partial charge in [-0.2, -0.15) is 0 Å². The van der Waals surface area contributed by atoms with Gasteiger partial charge in [-0.25, -0.2) is 0 Å². The summed E-state index contributed by atoms with van der Waals surface area (Å²) in [6, 6.07) is 7.88. The van der Waals surface area contributed by atoms with Crippen LogP contribution in [0.25, 0.3) is 0 Å². The van der Waals surface area contributed by atoms with Crippen LogP contribution in [0.1, 0.15) is 12.0 Å². The molecule has 0 aromatic heterocycles. The molecule has 94 valence electrons. The molecule has 1 fully saturated rings. The topological polar surface area (TPSA) is 44.3 Å². The monoisotopic (exact) mass is 254 g/mol. The molecule has 0 saturated carbocycles. The van der Waals surface area contributed by atoms with E-state index in [1.54, 1.807) is 0 Å². The lowest BCUT2D eigenvalue weighted by Crippen LogP contribution is -2.42. The molecule has 17 heavy (non-hydrogen) atoms. The Morgan fingerprint density at radius 1 is 1.41 bits per heavy atom. The Hall–Kier alpha value is -0.610. The Bertz CT molecular complexity index is 364. The summed E-state index contributed by atoms with van der Waals surface area (Å²) in [7, 11) is 0. The fraction of sp³-hybridized carbons (Fsp3) is 0.538. The smallest absolute Gasteiger partial charge is 0.0907 e. The summed E-state index contributed by atoms with van der Waals surface area (Å²) >= 11 is 6.07. The fourth-order valence-electron chi connectivity index (χ4n) is 2.13. The number of hydrogen-bond donors (Lipinski definition) is 3. The largest absolute Gasteiger partial charge is 0.387 e. The number of rotatable bonds is 5. The molecule has 0 amide bonds. The Balaban J connectivity index is 1.71. The summed E-state index contributed by atoms with van der Waals surface area (Å²) in [4.78, 5) is 0. The average Bonchev–Trinajstić information content (AvgIpc) is 2.74. The highest BCUT2D eigenvalue weighted by molar-refractivity contribution is 6.31. The molecule has 1 aromatic rings. The summed E-state index contributed by atoms with van der Waals surface area (Å²) in [5.74, 6) is 0. The summed E-state index contributed by atoms with van der Waals surface area (Å²) in [5, 5.41) is 17.4. The van der Waals surface area contributed by atoms with Gasteiger partial charge in [0.1, 0.15) is 0 Å². The zero-order valence-electron chi connectivity index (χ0n) is 9.88. The van der Waals surface area contributed by atoms with E-state index in [1.165, 1.54) is 0 Å². The molecule has 0 unspecified atom stereocenters. The molecule has 0 bridgehead atoms. The minimum atomic E-state index is -0.569. The van der Waals surface area contributed by atoms with E-state index in [0.717, 1.165) is 36.5 Å². The van der Waals surface area contributed by atoms with Gasteiger partial charge in [0.25, 0.3) is 0 Å². The molecule has 0 spiro atoms. The third-order valence-corrected chi connectivity index (χ3v) is 3.57. The van der Waals surface area contributed by atoms with Crippen molar-refractivity contribution in [3.05, 3.63) is 34.9 Å². The second kappa shape index (κ2) is 5.83. The lowest BCUT2D eigenvalue weighted by atomic mass is 10.0. The molecule has 1 saturated heterocycles. The Morgan fingerprint density at radius 2 is 2.24 bits per heavy atom. The van der Waals surface area contributed by atoms with Crippen molar-refractivity contribution in [3.8, 4) is 0 Å². The van der Waals surface area contributed by atoms with Gasteiger partial charge >= 0.3 is 0 Å². The van der Waals surface area contributed by atoms with Gasteiger partial charge in [0, 0.05) is 18.1 Å². The van der Waals surface area contributed by atoms with Crippen LogP contribution in [-0.2, 0) is 6.42 Å². The Morgan fingerprint density at radius 3 is 2.94 bits per heavy atom. The second-order valence-electron chi connectivity index (χ2n) is 4.67. The lowest BCUT2D eigenvalue weighted by molar-refractivity contribution is 0.0615. The van der Waals surface area contributed by atoms with Crippen molar-refractivity contribution in [2.75, 3.05) is 26.2 Å². The molecule has 1 aliphatic heterocycles. The van der Waals surface area contributed by atoms with Gasteiger partial charge < -0.3 is 15.7 Å². The van der Waals surface area contributed by atoms with Gasteiger partial charge in [0.15, 0.2) is 0 Å². The van der Waals surface area contributed by atoms with Crippen LogP contribution in [0, 0.1) is 0 Å². The average molecular weight is 255 g/mol. The molecular formula is C13H19ClN2O. The standard InChI is InChI=1S/C13H19ClN2O/c14-12-4-2-1-3-11(12)5-7-15-9-13(17)6-8-16-10-13/h1-4,15-17H,5-10H2/t13-/m1/s1. The Labute approximate surface area is 107 Å². The van der Waals surface area contributed by atoms with Gasteiger partial charge in [-0.1, -0.05) is 29.8 Å². The summed E-state index contributed by atoms with van der Waals surface area (Å²) in [6.45, 7) is 3.07. The van der Waals surface area contributed by atoms with Crippen molar-refractivity contribution in [2.24, 2.45) is 0 Å². The highest BCUT2D eigenvalue weighted by Gasteiger charge is 2.30. The number of aliphatic hydroxyl groups is 1. The number of halogens is 1. The molecule has 3 N–H and O–H groups in total. The first kappa shape index (κ1) is 12.8. The van der Waals surface area contributed by atoms with Crippen LogP contribution >= 0.6 is 11.6 Å². The maximum absolute atomic E-state index is 10.1. The third kappa shape index (κ3) is 3.68. The van der Waals surface area contributed by atoms with Crippen molar-refractivity contribution in [1.29, 1.82) is 0 Å². The van der Waals surface area contributed by atoms with Gasteiger partial charge in [0.05, 0.1) is 5.60 Å².